The summed E-state index contributed by atoms with van der Waals surface area (Å²) in [7, 11) is 0. The molecule has 1 unspecified atom stereocenters. The van der Waals surface area contributed by atoms with E-state index >= 15 is 0 Å². The van der Waals surface area contributed by atoms with Crippen molar-refractivity contribution in [3.05, 3.63) is 65.2 Å². The lowest BCUT2D eigenvalue weighted by molar-refractivity contribution is 0.102. The van der Waals surface area contributed by atoms with Crippen LogP contribution in [0.3, 0.4) is 0 Å². The summed E-state index contributed by atoms with van der Waals surface area (Å²) < 4.78 is 0. The topological polar surface area (TPSA) is 35.6 Å². The van der Waals surface area contributed by atoms with Gasteiger partial charge in [0.2, 0.25) is 0 Å². The van der Waals surface area contributed by atoms with Crippen molar-refractivity contribution in [3.63, 3.8) is 0 Å². The SMILES string of the molecule is CCN(CC)Cc1ccc(NC(=O)c2ccc(CN3CCCC(C)C3)cc2)cc1. The highest BCUT2D eigenvalue weighted by Crippen LogP contribution is 2.18. The Morgan fingerprint density at radius 2 is 1.69 bits per heavy atom. The number of likely N-dealkylation sites (tertiary alicyclic amines) is 1. The van der Waals surface area contributed by atoms with Crippen molar-refractivity contribution in [2.24, 2.45) is 5.92 Å². The number of nitrogens with zero attached hydrogens (tertiary/aromatic N) is 2. The van der Waals surface area contributed by atoms with Crippen LogP contribution in [-0.2, 0) is 13.1 Å². The van der Waals surface area contributed by atoms with E-state index in [4.69, 9.17) is 0 Å². The molecule has 0 saturated carbocycles. The van der Waals surface area contributed by atoms with E-state index in [1.165, 1.54) is 37.1 Å². The van der Waals surface area contributed by atoms with Crippen LogP contribution >= 0.6 is 0 Å². The van der Waals surface area contributed by atoms with E-state index in [2.05, 4.69) is 60.2 Å². The Balaban J connectivity index is 1.53. The number of piperidine rings is 1. The van der Waals surface area contributed by atoms with Gasteiger partial charge in [0.15, 0.2) is 0 Å². The van der Waals surface area contributed by atoms with Gasteiger partial charge >= 0.3 is 0 Å². The number of hydrogen-bond acceptors (Lipinski definition) is 3. The van der Waals surface area contributed by atoms with E-state index < -0.39 is 0 Å². The first-order chi connectivity index (χ1) is 14.1. The Kier molecular flexibility index (Phi) is 7.84. The zero-order valence-corrected chi connectivity index (χ0v) is 18.2. The van der Waals surface area contributed by atoms with Crippen molar-refractivity contribution in [3.8, 4) is 0 Å². The fourth-order valence-corrected chi connectivity index (χ4v) is 4.05. The molecule has 2 aromatic carbocycles. The minimum absolute atomic E-state index is 0.0559. The molecule has 29 heavy (non-hydrogen) atoms. The molecule has 1 N–H and O–H groups in total. The lowest BCUT2D eigenvalue weighted by Gasteiger charge is -2.30. The number of hydrogen-bond donors (Lipinski definition) is 1. The smallest absolute Gasteiger partial charge is 0.255 e. The van der Waals surface area contributed by atoms with Crippen LogP contribution in [0.25, 0.3) is 0 Å². The first kappa shape index (κ1) is 21.5. The molecule has 0 spiro atoms. The monoisotopic (exact) mass is 393 g/mol. The van der Waals surface area contributed by atoms with Gasteiger partial charge in [-0.3, -0.25) is 14.6 Å². The van der Waals surface area contributed by atoms with Gasteiger partial charge in [-0.05, 0) is 73.8 Å². The van der Waals surface area contributed by atoms with Crippen molar-refractivity contribution in [2.75, 3.05) is 31.5 Å². The molecule has 4 heteroatoms. The van der Waals surface area contributed by atoms with Crippen LogP contribution in [0.1, 0.15) is 55.1 Å². The Morgan fingerprint density at radius 1 is 1.03 bits per heavy atom. The second-order valence-electron chi connectivity index (χ2n) is 8.29. The maximum absolute atomic E-state index is 12.6. The molecule has 2 aromatic rings. The lowest BCUT2D eigenvalue weighted by Crippen LogP contribution is -2.33. The third-order valence-electron chi connectivity index (χ3n) is 5.88. The van der Waals surface area contributed by atoms with Crippen molar-refractivity contribution in [1.29, 1.82) is 0 Å². The summed E-state index contributed by atoms with van der Waals surface area (Å²) in [4.78, 5) is 17.5. The largest absolute Gasteiger partial charge is 0.322 e. The van der Waals surface area contributed by atoms with Gasteiger partial charge in [-0.2, -0.15) is 0 Å². The molecule has 0 radical (unpaired) electrons. The Bertz CT molecular complexity index is 766. The van der Waals surface area contributed by atoms with E-state index in [1.807, 2.05) is 24.3 Å². The maximum atomic E-state index is 12.6. The van der Waals surface area contributed by atoms with E-state index in [0.717, 1.165) is 37.8 Å². The molecule has 3 rings (SSSR count). The molecule has 156 valence electrons. The first-order valence-electron chi connectivity index (χ1n) is 11.0. The Hall–Kier alpha value is -2.17. The van der Waals surface area contributed by atoms with Crippen molar-refractivity contribution in [2.45, 2.75) is 46.7 Å². The number of carbonyl (C=O) groups excluding carboxylic acids is 1. The number of benzene rings is 2. The number of nitrogens with one attached hydrogen (secondary N) is 1. The maximum Gasteiger partial charge on any atom is 0.255 e. The molecule has 0 bridgehead atoms. The second kappa shape index (κ2) is 10.6. The molecular formula is C25H35N3O. The molecular weight excluding hydrogens is 358 g/mol. The summed E-state index contributed by atoms with van der Waals surface area (Å²) >= 11 is 0. The second-order valence-corrected chi connectivity index (χ2v) is 8.29. The number of rotatable bonds is 8. The van der Waals surface area contributed by atoms with Crippen molar-refractivity contribution >= 4 is 11.6 Å². The average molecular weight is 394 g/mol. The van der Waals surface area contributed by atoms with Crippen LogP contribution in [0.4, 0.5) is 5.69 Å². The normalized spacial score (nSPS) is 17.4. The molecule has 1 aliphatic heterocycles. The van der Waals surface area contributed by atoms with E-state index in [-0.39, 0.29) is 5.91 Å². The van der Waals surface area contributed by atoms with Crippen LogP contribution in [0, 0.1) is 5.92 Å². The molecule has 1 fully saturated rings. The van der Waals surface area contributed by atoms with E-state index in [9.17, 15) is 4.79 Å². The van der Waals surface area contributed by atoms with Crippen LogP contribution in [-0.4, -0.2) is 41.9 Å². The van der Waals surface area contributed by atoms with Gasteiger partial charge in [-0.1, -0.05) is 45.0 Å². The summed E-state index contributed by atoms with van der Waals surface area (Å²) in [5.41, 5.74) is 4.08. The van der Waals surface area contributed by atoms with Crippen LogP contribution in [0.2, 0.25) is 0 Å². The van der Waals surface area contributed by atoms with Gasteiger partial charge in [-0.15, -0.1) is 0 Å². The summed E-state index contributed by atoms with van der Waals surface area (Å²) in [6, 6.07) is 16.2. The minimum atomic E-state index is -0.0559. The number of amides is 1. The number of anilines is 1. The standard InChI is InChI=1S/C25H35N3O/c1-4-27(5-2)18-22-10-14-24(15-11-22)26-25(29)23-12-8-21(9-13-23)19-28-16-6-7-20(3)17-28/h8-15,20H,4-7,16-19H2,1-3H3,(H,26,29). The van der Waals surface area contributed by atoms with Gasteiger partial charge in [0.05, 0.1) is 0 Å². The zero-order valence-electron chi connectivity index (χ0n) is 18.2. The highest BCUT2D eigenvalue weighted by Gasteiger charge is 2.16. The van der Waals surface area contributed by atoms with Gasteiger partial charge in [0.25, 0.3) is 5.91 Å². The van der Waals surface area contributed by atoms with Gasteiger partial charge in [0, 0.05) is 30.9 Å². The highest BCUT2D eigenvalue weighted by molar-refractivity contribution is 6.04. The molecule has 1 saturated heterocycles. The predicted molar refractivity (Wildman–Crippen MR) is 121 cm³/mol. The lowest BCUT2D eigenvalue weighted by atomic mass is 9.99. The summed E-state index contributed by atoms with van der Waals surface area (Å²) in [6.07, 6.45) is 2.63. The molecule has 1 amide bonds. The molecule has 0 aliphatic carbocycles. The van der Waals surface area contributed by atoms with Crippen LogP contribution in [0.5, 0.6) is 0 Å². The number of carbonyl (C=O) groups is 1. The molecule has 1 aliphatic rings. The fraction of sp³-hybridized carbons (Fsp3) is 0.480. The van der Waals surface area contributed by atoms with Gasteiger partial charge < -0.3 is 5.32 Å². The first-order valence-corrected chi connectivity index (χ1v) is 11.0. The molecule has 4 nitrogen and oxygen atoms in total. The minimum Gasteiger partial charge on any atom is -0.322 e. The fourth-order valence-electron chi connectivity index (χ4n) is 4.05. The highest BCUT2D eigenvalue weighted by atomic mass is 16.1. The average Bonchev–Trinajstić information content (AvgIpc) is 2.73. The summed E-state index contributed by atoms with van der Waals surface area (Å²) in [5, 5.41) is 3.01. The van der Waals surface area contributed by atoms with Crippen LogP contribution < -0.4 is 5.32 Å². The third-order valence-corrected chi connectivity index (χ3v) is 5.88. The van der Waals surface area contributed by atoms with Crippen molar-refractivity contribution < 1.29 is 4.79 Å². The van der Waals surface area contributed by atoms with E-state index in [0.29, 0.717) is 5.56 Å². The summed E-state index contributed by atoms with van der Waals surface area (Å²) in [6.45, 7) is 13.0. The van der Waals surface area contributed by atoms with Crippen LogP contribution in [0.15, 0.2) is 48.5 Å². The predicted octanol–water partition coefficient (Wildman–Crippen LogP) is 5.01. The zero-order chi connectivity index (χ0) is 20.6. The van der Waals surface area contributed by atoms with E-state index in [1.54, 1.807) is 0 Å². The van der Waals surface area contributed by atoms with Gasteiger partial charge in [-0.25, -0.2) is 0 Å². The molecule has 0 aromatic heterocycles. The summed E-state index contributed by atoms with van der Waals surface area (Å²) in [5.74, 6) is 0.729. The Morgan fingerprint density at radius 3 is 2.31 bits per heavy atom. The Labute approximate surface area is 175 Å². The molecule has 1 atom stereocenters. The molecule has 1 heterocycles. The van der Waals surface area contributed by atoms with Crippen molar-refractivity contribution in [1.82, 2.24) is 9.80 Å². The third kappa shape index (κ3) is 6.41. The quantitative estimate of drug-likeness (QED) is 0.684. The van der Waals surface area contributed by atoms with Gasteiger partial charge in [0.1, 0.15) is 0 Å².